The SMILES string of the molecule is CCOc1ccc(S(=O)(=O)Nc2ccccc2C(=O)OCC(N)=O)cc1. The fourth-order valence-electron chi connectivity index (χ4n) is 2.05. The predicted molar refractivity (Wildman–Crippen MR) is 94.3 cm³/mol. The van der Waals surface area contributed by atoms with E-state index in [-0.39, 0.29) is 16.1 Å². The highest BCUT2D eigenvalue weighted by molar-refractivity contribution is 7.92. The van der Waals surface area contributed by atoms with Crippen molar-refractivity contribution < 1.29 is 27.5 Å². The number of nitrogens with two attached hydrogens (primary N) is 1. The Kier molecular flexibility index (Phi) is 6.18. The van der Waals surface area contributed by atoms with Crippen LogP contribution in [0, 0.1) is 0 Å². The number of para-hydroxylation sites is 1. The van der Waals surface area contributed by atoms with Crippen molar-refractivity contribution in [2.45, 2.75) is 11.8 Å². The molecule has 2 rings (SSSR count). The van der Waals surface area contributed by atoms with E-state index in [1.54, 1.807) is 6.07 Å². The van der Waals surface area contributed by atoms with Gasteiger partial charge in [-0.25, -0.2) is 13.2 Å². The van der Waals surface area contributed by atoms with Gasteiger partial charge in [-0.3, -0.25) is 9.52 Å². The zero-order valence-electron chi connectivity index (χ0n) is 14.0. The number of rotatable bonds is 8. The van der Waals surface area contributed by atoms with Gasteiger partial charge in [0.1, 0.15) is 5.75 Å². The molecule has 1 amide bonds. The maximum Gasteiger partial charge on any atom is 0.340 e. The molecule has 0 heterocycles. The van der Waals surface area contributed by atoms with Crippen molar-refractivity contribution in [2.75, 3.05) is 17.9 Å². The molecule has 0 atom stereocenters. The third-order valence-corrected chi connectivity index (χ3v) is 4.56. The summed E-state index contributed by atoms with van der Waals surface area (Å²) in [6.07, 6.45) is 0. The average Bonchev–Trinajstić information content (AvgIpc) is 2.60. The molecule has 26 heavy (non-hydrogen) atoms. The number of carbonyl (C=O) groups excluding carboxylic acids is 2. The number of amides is 1. The average molecular weight is 378 g/mol. The molecule has 0 spiro atoms. The van der Waals surface area contributed by atoms with E-state index in [1.165, 1.54) is 42.5 Å². The monoisotopic (exact) mass is 378 g/mol. The topological polar surface area (TPSA) is 125 Å². The largest absolute Gasteiger partial charge is 0.494 e. The number of benzene rings is 2. The van der Waals surface area contributed by atoms with E-state index in [2.05, 4.69) is 4.72 Å². The molecule has 0 fully saturated rings. The first-order valence-corrected chi connectivity index (χ1v) is 9.12. The van der Waals surface area contributed by atoms with Gasteiger partial charge in [0.15, 0.2) is 6.61 Å². The lowest BCUT2D eigenvalue weighted by molar-refractivity contribution is -0.121. The number of hydrogen-bond donors (Lipinski definition) is 2. The number of primary amides is 1. The molecule has 2 aromatic rings. The van der Waals surface area contributed by atoms with Crippen molar-refractivity contribution in [3.63, 3.8) is 0 Å². The van der Waals surface area contributed by atoms with E-state index in [4.69, 9.17) is 15.2 Å². The maximum atomic E-state index is 12.5. The van der Waals surface area contributed by atoms with Gasteiger partial charge < -0.3 is 15.2 Å². The van der Waals surface area contributed by atoms with Crippen LogP contribution in [0.3, 0.4) is 0 Å². The molecule has 9 heteroatoms. The van der Waals surface area contributed by atoms with Gasteiger partial charge in [-0.15, -0.1) is 0 Å². The fourth-order valence-corrected chi connectivity index (χ4v) is 3.13. The summed E-state index contributed by atoms with van der Waals surface area (Å²) < 4.78 is 37.4. The minimum atomic E-state index is -3.94. The molecular formula is C17H18N2O6S. The zero-order valence-corrected chi connectivity index (χ0v) is 14.8. The standard InChI is InChI=1S/C17H18N2O6S/c1-2-24-12-7-9-13(10-8-12)26(22,23)19-15-6-4-3-5-14(15)17(21)25-11-16(18)20/h3-10,19H,2,11H2,1H3,(H2,18,20). The molecule has 0 unspecified atom stereocenters. The van der Waals surface area contributed by atoms with Gasteiger partial charge in [-0.2, -0.15) is 0 Å². The lowest BCUT2D eigenvalue weighted by Gasteiger charge is -2.12. The van der Waals surface area contributed by atoms with Crippen molar-refractivity contribution >= 4 is 27.6 Å². The second-order valence-corrected chi connectivity index (χ2v) is 6.78. The lowest BCUT2D eigenvalue weighted by Crippen LogP contribution is -2.22. The van der Waals surface area contributed by atoms with Gasteiger partial charge in [-0.1, -0.05) is 12.1 Å². The normalized spacial score (nSPS) is 10.8. The van der Waals surface area contributed by atoms with E-state index in [0.717, 1.165) is 0 Å². The van der Waals surface area contributed by atoms with E-state index in [0.29, 0.717) is 12.4 Å². The van der Waals surface area contributed by atoms with Crippen LogP contribution < -0.4 is 15.2 Å². The van der Waals surface area contributed by atoms with Crippen molar-refractivity contribution in [1.29, 1.82) is 0 Å². The first-order chi connectivity index (χ1) is 12.3. The number of nitrogens with one attached hydrogen (secondary N) is 1. The number of sulfonamides is 1. The highest BCUT2D eigenvalue weighted by atomic mass is 32.2. The molecule has 8 nitrogen and oxygen atoms in total. The number of esters is 1. The summed E-state index contributed by atoms with van der Waals surface area (Å²) in [6.45, 7) is 1.68. The third-order valence-electron chi connectivity index (χ3n) is 3.18. The van der Waals surface area contributed by atoms with Crippen LogP contribution in [0.1, 0.15) is 17.3 Å². The Bertz CT molecular complexity index is 894. The highest BCUT2D eigenvalue weighted by Crippen LogP contribution is 2.22. The van der Waals surface area contributed by atoms with Crippen LogP contribution >= 0.6 is 0 Å². The van der Waals surface area contributed by atoms with Gasteiger partial charge in [0.25, 0.3) is 15.9 Å². The molecule has 0 saturated heterocycles. The zero-order chi connectivity index (χ0) is 19.2. The summed E-state index contributed by atoms with van der Waals surface area (Å²) >= 11 is 0. The van der Waals surface area contributed by atoms with Crippen molar-refractivity contribution in [3.8, 4) is 5.75 Å². The molecular weight excluding hydrogens is 360 g/mol. The van der Waals surface area contributed by atoms with E-state index in [9.17, 15) is 18.0 Å². The molecule has 0 aliphatic heterocycles. The van der Waals surface area contributed by atoms with E-state index >= 15 is 0 Å². The van der Waals surface area contributed by atoms with Gasteiger partial charge >= 0.3 is 5.97 Å². The Labute approximate surface area is 151 Å². The molecule has 0 bridgehead atoms. The molecule has 138 valence electrons. The number of anilines is 1. The first kappa shape index (κ1) is 19.3. The summed E-state index contributed by atoms with van der Waals surface area (Å²) in [5, 5.41) is 0. The van der Waals surface area contributed by atoms with Crippen LogP contribution in [0.25, 0.3) is 0 Å². The van der Waals surface area contributed by atoms with Crippen LogP contribution in [-0.4, -0.2) is 33.5 Å². The Morgan fingerprint density at radius 1 is 1.08 bits per heavy atom. The molecule has 0 aliphatic rings. The summed E-state index contributed by atoms with van der Waals surface area (Å²) in [6, 6.07) is 11.7. The maximum absolute atomic E-state index is 12.5. The Morgan fingerprint density at radius 2 is 1.73 bits per heavy atom. The third kappa shape index (κ3) is 4.96. The summed E-state index contributed by atoms with van der Waals surface area (Å²) in [5.74, 6) is -1.14. The van der Waals surface area contributed by atoms with Crippen LogP contribution in [0.5, 0.6) is 5.75 Å². The smallest absolute Gasteiger partial charge is 0.340 e. The molecule has 0 saturated carbocycles. The second-order valence-electron chi connectivity index (χ2n) is 5.10. The second kappa shape index (κ2) is 8.34. The van der Waals surface area contributed by atoms with Crippen molar-refractivity contribution in [1.82, 2.24) is 0 Å². The van der Waals surface area contributed by atoms with Crippen molar-refractivity contribution in [3.05, 3.63) is 54.1 Å². The highest BCUT2D eigenvalue weighted by Gasteiger charge is 2.19. The Morgan fingerprint density at radius 3 is 2.35 bits per heavy atom. The minimum Gasteiger partial charge on any atom is -0.494 e. The molecule has 2 aromatic carbocycles. The minimum absolute atomic E-state index is 0.00117. The lowest BCUT2D eigenvalue weighted by atomic mass is 10.2. The fraction of sp³-hybridized carbons (Fsp3) is 0.176. The predicted octanol–water partition coefficient (Wildman–Crippen LogP) is 1.53. The van der Waals surface area contributed by atoms with Crippen molar-refractivity contribution in [2.24, 2.45) is 5.73 Å². The number of carbonyl (C=O) groups is 2. The van der Waals surface area contributed by atoms with Crippen LogP contribution in [0.15, 0.2) is 53.4 Å². The quantitative estimate of drug-likeness (QED) is 0.671. The van der Waals surface area contributed by atoms with E-state index < -0.39 is 28.5 Å². The molecule has 0 aliphatic carbocycles. The van der Waals surface area contributed by atoms with E-state index in [1.807, 2.05) is 6.92 Å². The van der Waals surface area contributed by atoms with Crippen LogP contribution in [-0.2, 0) is 19.6 Å². The Hall–Kier alpha value is -3.07. The van der Waals surface area contributed by atoms with Crippen LogP contribution in [0.4, 0.5) is 5.69 Å². The molecule has 0 radical (unpaired) electrons. The summed E-state index contributed by atoms with van der Waals surface area (Å²) in [4.78, 5) is 22.8. The van der Waals surface area contributed by atoms with Gasteiger partial charge in [-0.05, 0) is 43.3 Å². The van der Waals surface area contributed by atoms with Gasteiger partial charge in [0.05, 0.1) is 22.8 Å². The number of hydrogen-bond acceptors (Lipinski definition) is 6. The number of ether oxygens (including phenoxy) is 2. The molecule has 3 N–H and O–H groups in total. The van der Waals surface area contributed by atoms with Crippen LogP contribution in [0.2, 0.25) is 0 Å². The molecule has 0 aromatic heterocycles. The van der Waals surface area contributed by atoms with Gasteiger partial charge in [0.2, 0.25) is 0 Å². The first-order valence-electron chi connectivity index (χ1n) is 7.63. The summed E-state index contributed by atoms with van der Waals surface area (Å²) in [5.41, 5.74) is 4.92. The summed E-state index contributed by atoms with van der Waals surface area (Å²) in [7, 11) is -3.94. The van der Waals surface area contributed by atoms with Gasteiger partial charge in [0, 0.05) is 0 Å². The Balaban J connectivity index is 2.24.